The van der Waals surface area contributed by atoms with Gasteiger partial charge in [0.15, 0.2) is 5.78 Å². The highest BCUT2D eigenvalue weighted by molar-refractivity contribution is 5.97. The normalized spacial score (nSPS) is 23.8. The molecule has 110 valence electrons. The lowest BCUT2D eigenvalue weighted by Gasteiger charge is -2.35. The van der Waals surface area contributed by atoms with Gasteiger partial charge in [-0.15, -0.1) is 0 Å². The van der Waals surface area contributed by atoms with E-state index < -0.39 is 0 Å². The Morgan fingerprint density at radius 2 is 2.00 bits per heavy atom. The summed E-state index contributed by atoms with van der Waals surface area (Å²) in [4.78, 5) is 14.5. The molecule has 4 nitrogen and oxygen atoms in total. The van der Waals surface area contributed by atoms with Crippen LogP contribution in [0, 0.1) is 6.92 Å². The van der Waals surface area contributed by atoms with Crippen LogP contribution in [0.1, 0.15) is 36.2 Å². The van der Waals surface area contributed by atoms with Crippen LogP contribution in [0.5, 0.6) is 0 Å². The summed E-state index contributed by atoms with van der Waals surface area (Å²) < 4.78 is 5.69. The van der Waals surface area contributed by atoms with Crippen LogP contribution in [0.4, 0.5) is 5.69 Å². The number of nitrogens with two attached hydrogens (primary N) is 1. The monoisotopic (exact) mass is 276 g/mol. The van der Waals surface area contributed by atoms with Crippen molar-refractivity contribution >= 4 is 11.5 Å². The number of aryl methyl sites for hydroxylation is 1. The molecule has 0 saturated carbocycles. The van der Waals surface area contributed by atoms with Crippen molar-refractivity contribution in [2.45, 2.75) is 39.4 Å². The number of hydrogen-bond donors (Lipinski definition) is 1. The van der Waals surface area contributed by atoms with Crippen LogP contribution in [0.15, 0.2) is 18.2 Å². The van der Waals surface area contributed by atoms with Gasteiger partial charge >= 0.3 is 0 Å². The molecule has 2 N–H and O–H groups in total. The lowest BCUT2D eigenvalue weighted by molar-refractivity contribution is -0.0675. The van der Waals surface area contributed by atoms with Crippen LogP contribution in [0.2, 0.25) is 0 Å². The minimum atomic E-state index is 0.156. The molecule has 4 heteroatoms. The fraction of sp³-hybridized carbons (Fsp3) is 0.562. The first-order valence-electron chi connectivity index (χ1n) is 7.23. The zero-order valence-corrected chi connectivity index (χ0v) is 12.6. The van der Waals surface area contributed by atoms with Crippen LogP contribution in [0.3, 0.4) is 0 Å². The van der Waals surface area contributed by atoms with Gasteiger partial charge < -0.3 is 10.5 Å². The molecule has 0 bridgehead atoms. The number of morpholine rings is 1. The lowest BCUT2D eigenvalue weighted by atomic mass is 10.0. The highest BCUT2D eigenvalue weighted by Gasteiger charge is 2.22. The Morgan fingerprint density at radius 3 is 2.60 bits per heavy atom. The second-order valence-corrected chi connectivity index (χ2v) is 5.76. The maximum atomic E-state index is 12.2. The van der Waals surface area contributed by atoms with Crippen molar-refractivity contribution in [3.63, 3.8) is 0 Å². The fourth-order valence-corrected chi connectivity index (χ4v) is 2.68. The number of nitrogens with zero attached hydrogens (tertiary/aromatic N) is 1. The van der Waals surface area contributed by atoms with Crippen molar-refractivity contribution in [2.24, 2.45) is 0 Å². The molecule has 1 aromatic rings. The highest BCUT2D eigenvalue weighted by atomic mass is 16.5. The summed E-state index contributed by atoms with van der Waals surface area (Å²) in [5, 5.41) is 0. The average Bonchev–Trinajstić information content (AvgIpc) is 2.38. The van der Waals surface area contributed by atoms with Crippen LogP contribution in [-0.2, 0) is 4.74 Å². The SMILES string of the molecule is Cc1ccc(C(=O)CCN2CC(C)OC(C)C2)cc1N. The molecule has 0 aromatic heterocycles. The first-order chi connectivity index (χ1) is 9.45. The number of benzene rings is 1. The molecule has 2 unspecified atom stereocenters. The summed E-state index contributed by atoms with van der Waals surface area (Å²) in [6, 6.07) is 5.54. The van der Waals surface area contributed by atoms with E-state index >= 15 is 0 Å². The Morgan fingerprint density at radius 1 is 1.35 bits per heavy atom. The molecule has 20 heavy (non-hydrogen) atoms. The molecule has 1 heterocycles. The fourth-order valence-electron chi connectivity index (χ4n) is 2.68. The predicted octanol–water partition coefficient (Wildman–Crippen LogP) is 2.26. The molecule has 0 amide bonds. The Bertz CT molecular complexity index is 477. The van der Waals surface area contributed by atoms with Gasteiger partial charge in [-0.25, -0.2) is 0 Å². The van der Waals surface area contributed by atoms with Gasteiger partial charge in [0.1, 0.15) is 0 Å². The topological polar surface area (TPSA) is 55.6 Å². The van der Waals surface area contributed by atoms with Gasteiger partial charge in [-0.1, -0.05) is 12.1 Å². The molecule has 1 fully saturated rings. The van der Waals surface area contributed by atoms with Gasteiger partial charge in [-0.2, -0.15) is 0 Å². The third-order valence-corrected chi connectivity index (χ3v) is 3.75. The van der Waals surface area contributed by atoms with Crippen molar-refractivity contribution in [1.82, 2.24) is 4.90 Å². The van der Waals surface area contributed by atoms with Gasteiger partial charge in [0.2, 0.25) is 0 Å². The minimum Gasteiger partial charge on any atom is -0.398 e. The van der Waals surface area contributed by atoms with Crippen molar-refractivity contribution in [3.05, 3.63) is 29.3 Å². The maximum absolute atomic E-state index is 12.2. The second-order valence-electron chi connectivity index (χ2n) is 5.76. The Kier molecular flexibility index (Phi) is 4.78. The maximum Gasteiger partial charge on any atom is 0.164 e. The number of ketones is 1. The largest absolute Gasteiger partial charge is 0.398 e. The summed E-state index contributed by atoms with van der Waals surface area (Å²) in [5.74, 6) is 0.156. The minimum absolute atomic E-state index is 0.156. The molecule has 2 atom stereocenters. The smallest absolute Gasteiger partial charge is 0.164 e. The van der Waals surface area contributed by atoms with E-state index in [0.29, 0.717) is 17.7 Å². The Hall–Kier alpha value is -1.39. The molecule has 1 aliphatic rings. The van der Waals surface area contributed by atoms with Gasteiger partial charge in [-0.05, 0) is 32.4 Å². The zero-order valence-electron chi connectivity index (χ0n) is 12.6. The lowest BCUT2D eigenvalue weighted by Crippen LogP contribution is -2.46. The van der Waals surface area contributed by atoms with Crippen LogP contribution in [-0.4, -0.2) is 42.5 Å². The molecule has 0 radical (unpaired) electrons. The highest BCUT2D eigenvalue weighted by Crippen LogP contribution is 2.16. The van der Waals surface area contributed by atoms with Crippen molar-refractivity contribution in [2.75, 3.05) is 25.4 Å². The Balaban J connectivity index is 1.90. The number of carbonyl (C=O) groups excluding carboxylic acids is 1. The quantitative estimate of drug-likeness (QED) is 0.677. The summed E-state index contributed by atoms with van der Waals surface area (Å²) >= 11 is 0. The Labute approximate surface area is 120 Å². The van der Waals surface area contributed by atoms with E-state index in [-0.39, 0.29) is 18.0 Å². The third kappa shape index (κ3) is 3.81. The number of ether oxygens (including phenoxy) is 1. The first kappa shape index (κ1) is 15.0. The van der Waals surface area contributed by atoms with Gasteiger partial charge in [0, 0.05) is 37.3 Å². The summed E-state index contributed by atoms with van der Waals surface area (Å²) in [5.41, 5.74) is 8.26. The molecule has 0 spiro atoms. The number of rotatable bonds is 4. The van der Waals surface area contributed by atoms with E-state index in [4.69, 9.17) is 10.5 Å². The van der Waals surface area contributed by atoms with Gasteiger partial charge in [0.05, 0.1) is 12.2 Å². The van der Waals surface area contributed by atoms with Gasteiger partial charge in [-0.3, -0.25) is 9.69 Å². The summed E-state index contributed by atoms with van der Waals surface area (Å²) in [7, 11) is 0. The number of anilines is 1. The summed E-state index contributed by atoms with van der Waals surface area (Å²) in [6.45, 7) is 8.67. The van der Waals surface area contributed by atoms with Crippen LogP contribution < -0.4 is 5.73 Å². The molecule has 0 aliphatic carbocycles. The molecular weight excluding hydrogens is 252 g/mol. The number of carbonyl (C=O) groups is 1. The van der Waals surface area contributed by atoms with Crippen molar-refractivity contribution < 1.29 is 9.53 Å². The summed E-state index contributed by atoms with van der Waals surface area (Å²) in [6.07, 6.45) is 1.01. The van der Waals surface area contributed by atoms with Crippen LogP contribution in [0.25, 0.3) is 0 Å². The van der Waals surface area contributed by atoms with E-state index in [0.717, 1.165) is 25.2 Å². The van der Waals surface area contributed by atoms with E-state index in [1.165, 1.54) is 0 Å². The molecule has 1 aliphatic heterocycles. The van der Waals surface area contributed by atoms with E-state index in [1.807, 2.05) is 19.1 Å². The molecule has 1 saturated heterocycles. The van der Waals surface area contributed by atoms with Crippen molar-refractivity contribution in [3.8, 4) is 0 Å². The van der Waals surface area contributed by atoms with Gasteiger partial charge in [0.25, 0.3) is 0 Å². The van der Waals surface area contributed by atoms with E-state index in [9.17, 15) is 4.79 Å². The second kappa shape index (κ2) is 6.37. The predicted molar refractivity (Wildman–Crippen MR) is 81.0 cm³/mol. The molecular formula is C16H24N2O2. The standard InChI is InChI=1S/C16H24N2O2/c1-11-4-5-14(8-15(11)17)16(19)6-7-18-9-12(2)20-13(3)10-18/h4-5,8,12-13H,6-7,9-10,17H2,1-3H3. The molecule has 1 aromatic carbocycles. The third-order valence-electron chi connectivity index (χ3n) is 3.75. The van der Waals surface area contributed by atoms with E-state index in [1.54, 1.807) is 6.07 Å². The van der Waals surface area contributed by atoms with E-state index in [2.05, 4.69) is 18.7 Å². The molecule has 2 rings (SSSR count). The van der Waals surface area contributed by atoms with Crippen molar-refractivity contribution in [1.29, 1.82) is 0 Å². The van der Waals surface area contributed by atoms with Crippen LogP contribution >= 0.6 is 0 Å². The number of Topliss-reactive ketones (excluding diaryl/α,β-unsaturated/α-hetero) is 1. The average molecular weight is 276 g/mol. The number of nitrogen functional groups attached to an aromatic ring is 1. The number of hydrogen-bond acceptors (Lipinski definition) is 4. The first-order valence-corrected chi connectivity index (χ1v) is 7.23. The zero-order chi connectivity index (χ0) is 14.7.